The summed E-state index contributed by atoms with van der Waals surface area (Å²) < 4.78 is 0.653. The monoisotopic (exact) mass is 300 g/mol. The van der Waals surface area contributed by atoms with Gasteiger partial charge in [0.15, 0.2) is 0 Å². The molecule has 0 spiro atoms. The lowest BCUT2D eigenvalue weighted by Gasteiger charge is -2.41. The second-order valence-electron chi connectivity index (χ2n) is 5.65. The van der Waals surface area contributed by atoms with E-state index in [-0.39, 0.29) is 11.4 Å². The zero-order chi connectivity index (χ0) is 13.9. The number of carbonyl (C=O) groups excluding carboxylic acids is 1. The Morgan fingerprint density at radius 1 is 1.37 bits per heavy atom. The number of nitrogens with zero attached hydrogens (tertiary/aromatic N) is 1. The largest absolute Gasteiger partial charge is 0.349 e. The molecule has 1 N–H and O–H groups in total. The maximum atomic E-state index is 12.0. The van der Waals surface area contributed by atoms with Crippen LogP contribution < -0.4 is 5.32 Å². The lowest BCUT2D eigenvalue weighted by Crippen LogP contribution is -2.53. The van der Waals surface area contributed by atoms with Crippen molar-refractivity contribution in [3.8, 4) is 0 Å². The van der Waals surface area contributed by atoms with Crippen molar-refractivity contribution >= 4 is 28.8 Å². The van der Waals surface area contributed by atoms with Crippen molar-refractivity contribution in [2.24, 2.45) is 0 Å². The molecule has 0 radical (unpaired) electrons. The van der Waals surface area contributed by atoms with Crippen LogP contribution in [0.15, 0.2) is 12.1 Å². The summed E-state index contributed by atoms with van der Waals surface area (Å²) in [5.74, 6) is -0.0259. The van der Waals surface area contributed by atoms with Crippen molar-refractivity contribution in [3.05, 3.63) is 21.3 Å². The molecular weight excluding hydrogens is 280 g/mol. The first-order chi connectivity index (χ1) is 8.99. The molecule has 1 aromatic heterocycles. The van der Waals surface area contributed by atoms with Crippen molar-refractivity contribution < 1.29 is 4.79 Å². The van der Waals surface area contributed by atoms with Gasteiger partial charge in [-0.05, 0) is 51.9 Å². The molecule has 3 nitrogen and oxygen atoms in total. The van der Waals surface area contributed by atoms with Gasteiger partial charge in [0.1, 0.15) is 0 Å². The lowest BCUT2D eigenvalue weighted by molar-refractivity contribution is 0.0800. The normalized spacial score (nSPS) is 17.4. The number of carbonyl (C=O) groups is 1. The summed E-state index contributed by atoms with van der Waals surface area (Å²) in [4.78, 5) is 15.2. The first-order valence-corrected chi connectivity index (χ1v) is 7.97. The van der Waals surface area contributed by atoms with Crippen LogP contribution in [0.4, 0.5) is 0 Å². The Kier molecular flexibility index (Phi) is 4.87. The molecule has 1 fully saturated rings. The molecule has 0 aliphatic carbocycles. The number of amides is 1. The molecule has 1 amide bonds. The number of thiophene rings is 1. The van der Waals surface area contributed by atoms with E-state index in [2.05, 4.69) is 24.1 Å². The van der Waals surface area contributed by atoms with Crippen molar-refractivity contribution in [3.63, 3.8) is 0 Å². The van der Waals surface area contributed by atoms with Crippen molar-refractivity contribution in [1.82, 2.24) is 10.2 Å². The highest BCUT2D eigenvalue weighted by Crippen LogP contribution is 2.22. The molecule has 1 aliphatic rings. The van der Waals surface area contributed by atoms with Crippen LogP contribution in [0.1, 0.15) is 42.8 Å². The molecule has 1 aliphatic heterocycles. The van der Waals surface area contributed by atoms with Gasteiger partial charge >= 0.3 is 0 Å². The fourth-order valence-corrected chi connectivity index (χ4v) is 3.39. The molecule has 106 valence electrons. The van der Waals surface area contributed by atoms with Crippen LogP contribution in [-0.4, -0.2) is 36.0 Å². The number of likely N-dealkylation sites (tertiary alicyclic amines) is 1. The molecule has 0 atom stereocenters. The zero-order valence-electron chi connectivity index (χ0n) is 11.5. The Balaban J connectivity index is 1.88. The third-order valence-electron chi connectivity index (χ3n) is 3.69. The molecule has 0 aromatic carbocycles. The van der Waals surface area contributed by atoms with E-state index in [4.69, 9.17) is 11.6 Å². The Morgan fingerprint density at radius 2 is 2.05 bits per heavy atom. The van der Waals surface area contributed by atoms with E-state index in [0.29, 0.717) is 15.8 Å². The van der Waals surface area contributed by atoms with Gasteiger partial charge in [0.2, 0.25) is 0 Å². The van der Waals surface area contributed by atoms with Crippen LogP contribution >= 0.6 is 22.9 Å². The maximum Gasteiger partial charge on any atom is 0.261 e. The average molecular weight is 301 g/mol. The maximum absolute atomic E-state index is 12.0. The summed E-state index contributed by atoms with van der Waals surface area (Å²) in [5.41, 5.74) is 0.0110. The Morgan fingerprint density at radius 3 is 2.63 bits per heavy atom. The van der Waals surface area contributed by atoms with E-state index in [9.17, 15) is 4.79 Å². The molecule has 19 heavy (non-hydrogen) atoms. The van der Waals surface area contributed by atoms with Gasteiger partial charge < -0.3 is 5.32 Å². The van der Waals surface area contributed by atoms with E-state index in [1.807, 2.05) is 0 Å². The van der Waals surface area contributed by atoms with E-state index < -0.39 is 0 Å². The smallest absolute Gasteiger partial charge is 0.261 e. The molecule has 1 saturated heterocycles. The van der Waals surface area contributed by atoms with Crippen LogP contribution in [0.5, 0.6) is 0 Å². The minimum absolute atomic E-state index is 0.0110. The first kappa shape index (κ1) is 14.8. The molecule has 2 heterocycles. The van der Waals surface area contributed by atoms with Gasteiger partial charge in [-0.25, -0.2) is 0 Å². The lowest BCUT2D eigenvalue weighted by atomic mass is 9.98. The zero-order valence-corrected chi connectivity index (χ0v) is 13.1. The van der Waals surface area contributed by atoms with Gasteiger partial charge in [-0.2, -0.15) is 0 Å². The topological polar surface area (TPSA) is 32.3 Å². The highest BCUT2D eigenvalue weighted by atomic mass is 35.5. The SMILES string of the molecule is CC(C)(CNC(=O)c1ccc(Cl)s1)N1CCCCC1. The van der Waals surface area contributed by atoms with Gasteiger partial charge in [0, 0.05) is 12.1 Å². The molecule has 0 unspecified atom stereocenters. The van der Waals surface area contributed by atoms with Crippen LogP contribution in [0, 0.1) is 0 Å². The highest BCUT2D eigenvalue weighted by Gasteiger charge is 2.28. The fourth-order valence-electron chi connectivity index (χ4n) is 2.43. The Bertz CT molecular complexity index is 438. The van der Waals surface area contributed by atoms with Gasteiger partial charge in [0.25, 0.3) is 5.91 Å². The van der Waals surface area contributed by atoms with Crippen molar-refractivity contribution in [2.45, 2.75) is 38.6 Å². The molecular formula is C14H21ClN2OS. The number of rotatable bonds is 4. The minimum Gasteiger partial charge on any atom is -0.349 e. The second-order valence-corrected chi connectivity index (χ2v) is 7.36. The summed E-state index contributed by atoms with van der Waals surface area (Å²) in [6, 6.07) is 3.53. The van der Waals surface area contributed by atoms with Crippen LogP contribution in [0.3, 0.4) is 0 Å². The second kappa shape index (κ2) is 6.25. The predicted octanol–water partition coefficient (Wildman–Crippen LogP) is 3.40. The van der Waals surface area contributed by atoms with E-state index in [1.54, 1.807) is 12.1 Å². The van der Waals surface area contributed by atoms with Crippen molar-refractivity contribution in [2.75, 3.05) is 19.6 Å². The van der Waals surface area contributed by atoms with Gasteiger partial charge in [-0.15, -0.1) is 11.3 Å². The average Bonchev–Trinajstić information content (AvgIpc) is 2.84. The van der Waals surface area contributed by atoms with Gasteiger partial charge in [0.05, 0.1) is 9.21 Å². The standard InChI is InChI=1S/C14H21ClN2OS/c1-14(2,17-8-4-3-5-9-17)10-16-13(18)11-6-7-12(15)19-11/h6-7H,3-5,8-10H2,1-2H3,(H,16,18). The highest BCUT2D eigenvalue weighted by molar-refractivity contribution is 7.17. The molecule has 5 heteroatoms. The van der Waals surface area contributed by atoms with Crippen LogP contribution in [-0.2, 0) is 0 Å². The number of nitrogens with one attached hydrogen (secondary N) is 1. The fraction of sp³-hybridized carbons (Fsp3) is 0.643. The van der Waals surface area contributed by atoms with Gasteiger partial charge in [-0.1, -0.05) is 18.0 Å². The first-order valence-electron chi connectivity index (χ1n) is 6.78. The molecule has 2 rings (SSSR count). The predicted molar refractivity (Wildman–Crippen MR) is 81.2 cm³/mol. The van der Waals surface area contributed by atoms with Gasteiger partial charge in [-0.3, -0.25) is 9.69 Å². The van der Waals surface area contributed by atoms with Crippen LogP contribution in [0.25, 0.3) is 0 Å². The van der Waals surface area contributed by atoms with Crippen molar-refractivity contribution in [1.29, 1.82) is 0 Å². The summed E-state index contributed by atoms with van der Waals surface area (Å²) in [6.07, 6.45) is 3.85. The summed E-state index contributed by atoms with van der Waals surface area (Å²) >= 11 is 7.17. The van der Waals surface area contributed by atoms with E-state index in [0.717, 1.165) is 13.1 Å². The number of halogens is 1. The minimum atomic E-state index is -0.0259. The summed E-state index contributed by atoms with van der Waals surface area (Å²) in [5, 5.41) is 3.02. The summed E-state index contributed by atoms with van der Waals surface area (Å²) in [7, 11) is 0. The Hall–Kier alpha value is -0.580. The Labute approximate surface area is 123 Å². The number of hydrogen-bond donors (Lipinski definition) is 1. The molecule has 0 saturated carbocycles. The number of piperidine rings is 1. The van der Waals surface area contributed by atoms with Crippen LogP contribution in [0.2, 0.25) is 4.34 Å². The van der Waals surface area contributed by atoms with E-state index in [1.165, 1.54) is 30.6 Å². The third-order valence-corrected chi connectivity index (χ3v) is 4.92. The van der Waals surface area contributed by atoms with E-state index >= 15 is 0 Å². The quantitative estimate of drug-likeness (QED) is 0.924. The third kappa shape index (κ3) is 3.94. The number of hydrogen-bond acceptors (Lipinski definition) is 3. The summed E-state index contributed by atoms with van der Waals surface area (Å²) in [6.45, 7) is 7.32. The molecule has 1 aromatic rings. The molecule has 0 bridgehead atoms.